The summed E-state index contributed by atoms with van der Waals surface area (Å²) in [5.74, 6) is 0.998. The van der Waals surface area contributed by atoms with Gasteiger partial charge in [-0.1, -0.05) is 6.07 Å². The van der Waals surface area contributed by atoms with E-state index in [4.69, 9.17) is 0 Å². The summed E-state index contributed by atoms with van der Waals surface area (Å²) in [6.45, 7) is 3.39. The Morgan fingerprint density at radius 1 is 1.30 bits per heavy atom. The molecule has 1 aromatic rings. The van der Waals surface area contributed by atoms with Gasteiger partial charge in [-0.05, 0) is 42.9 Å². The van der Waals surface area contributed by atoms with Crippen LogP contribution in [-0.2, 0) is 26.9 Å². The number of rotatable bonds is 9. The van der Waals surface area contributed by atoms with E-state index in [9.17, 15) is 17.6 Å². The van der Waals surface area contributed by atoms with Crippen molar-refractivity contribution < 1.29 is 17.6 Å². The number of aliphatic imine (C=N–C) groups is 1. The van der Waals surface area contributed by atoms with Crippen molar-refractivity contribution in [2.24, 2.45) is 4.99 Å². The molecule has 0 saturated carbocycles. The van der Waals surface area contributed by atoms with Crippen molar-refractivity contribution in [1.29, 1.82) is 0 Å². The fourth-order valence-electron chi connectivity index (χ4n) is 3.05. The van der Waals surface area contributed by atoms with E-state index in [1.54, 1.807) is 17.8 Å². The number of guanidine groups is 1. The smallest absolute Gasteiger partial charge is 0.222 e. The van der Waals surface area contributed by atoms with Gasteiger partial charge in [0.25, 0.3) is 0 Å². The topological polar surface area (TPSA) is 99.7 Å². The monoisotopic (exact) mass is 572 g/mol. The molecule has 30 heavy (non-hydrogen) atoms. The number of nitrogens with one attached hydrogen (secondary N) is 3. The lowest BCUT2D eigenvalue weighted by Crippen LogP contribution is -2.41. The van der Waals surface area contributed by atoms with Crippen LogP contribution in [-0.4, -0.2) is 57.2 Å². The van der Waals surface area contributed by atoms with Crippen LogP contribution in [0.4, 0.5) is 4.39 Å². The number of benzene rings is 1. The minimum atomic E-state index is -3.01. The van der Waals surface area contributed by atoms with Gasteiger partial charge < -0.3 is 16.0 Å². The summed E-state index contributed by atoms with van der Waals surface area (Å²) in [7, 11) is -3.01. The molecule has 170 valence electrons. The molecule has 3 N–H and O–H groups in total. The van der Waals surface area contributed by atoms with Crippen molar-refractivity contribution in [3.63, 3.8) is 0 Å². The van der Waals surface area contributed by atoms with E-state index in [1.165, 1.54) is 12.1 Å². The lowest BCUT2D eigenvalue weighted by molar-refractivity contribution is -0.121. The zero-order valence-electron chi connectivity index (χ0n) is 17.2. The number of carbonyl (C=O) groups is 1. The molecule has 1 heterocycles. The first-order valence-electron chi connectivity index (χ1n) is 9.61. The number of sulfone groups is 1. The molecule has 1 atom stereocenters. The molecule has 7 nitrogen and oxygen atoms in total. The van der Waals surface area contributed by atoms with Crippen LogP contribution in [0.25, 0.3) is 0 Å². The lowest BCUT2D eigenvalue weighted by Gasteiger charge is -2.14. The molecule has 0 aliphatic carbocycles. The van der Waals surface area contributed by atoms with Crippen LogP contribution < -0.4 is 16.0 Å². The van der Waals surface area contributed by atoms with Crippen LogP contribution in [0.1, 0.15) is 30.9 Å². The molecule has 2 rings (SSSR count). The minimum absolute atomic E-state index is 0. The Morgan fingerprint density at radius 2 is 2.07 bits per heavy atom. The summed E-state index contributed by atoms with van der Waals surface area (Å²) >= 11 is 1.62. The maximum absolute atomic E-state index is 13.5. The standard InChI is InChI=1S/C19H29FN4O3S2.HI/c1-3-21-19(23-11-14-4-5-16(20)10-15(14)12-28-2)22-8-6-18(25)24-17-7-9-29(26,27)13-17;/h4-5,10,17H,3,6-9,11-13H2,1-2H3,(H,24,25)(H2,21,22,23);1H. The number of amides is 1. The van der Waals surface area contributed by atoms with Gasteiger partial charge in [-0.15, -0.1) is 24.0 Å². The number of nitrogens with zero attached hydrogens (tertiary/aromatic N) is 1. The molecule has 1 aliphatic heterocycles. The molecule has 0 aromatic heterocycles. The molecule has 1 unspecified atom stereocenters. The Bertz CT molecular complexity index is 837. The Morgan fingerprint density at radius 3 is 2.70 bits per heavy atom. The van der Waals surface area contributed by atoms with Gasteiger partial charge in [0.05, 0.1) is 18.1 Å². The first-order valence-corrected chi connectivity index (χ1v) is 12.8. The molecule has 1 aliphatic rings. The zero-order valence-corrected chi connectivity index (χ0v) is 21.2. The van der Waals surface area contributed by atoms with E-state index in [0.29, 0.717) is 37.8 Å². The van der Waals surface area contributed by atoms with Gasteiger partial charge >= 0.3 is 0 Å². The van der Waals surface area contributed by atoms with Gasteiger partial charge in [0.2, 0.25) is 5.91 Å². The van der Waals surface area contributed by atoms with Crippen LogP contribution >= 0.6 is 35.7 Å². The van der Waals surface area contributed by atoms with Gasteiger partial charge in [-0.2, -0.15) is 11.8 Å². The van der Waals surface area contributed by atoms with E-state index in [2.05, 4.69) is 20.9 Å². The number of thioether (sulfide) groups is 1. The number of carbonyl (C=O) groups excluding carboxylic acids is 1. The first kappa shape index (κ1) is 27.0. The van der Waals surface area contributed by atoms with Gasteiger partial charge in [-0.25, -0.2) is 17.8 Å². The van der Waals surface area contributed by atoms with Crippen molar-refractivity contribution in [3.05, 3.63) is 35.1 Å². The van der Waals surface area contributed by atoms with Crippen molar-refractivity contribution >= 4 is 57.4 Å². The molecule has 1 fully saturated rings. The second-order valence-corrected chi connectivity index (χ2v) is 9.98. The molecule has 0 bridgehead atoms. The quantitative estimate of drug-likeness (QED) is 0.238. The van der Waals surface area contributed by atoms with Gasteiger partial charge in [0.15, 0.2) is 15.8 Å². The van der Waals surface area contributed by atoms with E-state index in [1.807, 2.05) is 13.2 Å². The molecule has 1 saturated heterocycles. The van der Waals surface area contributed by atoms with E-state index in [0.717, 1.165) is 11.1 Å². The summed E-state index contributed by atoms with van der Waals surface area (Å²) in [5.41, 5.74) is 1.88. The first-order chi connectivity index (χ1) is 13.8. The third kappa shape index (κ3) is 9.38. The van der Waals surface area contributed by atoms with Crippen LogP contribution in [0.3, 0.4) is 0 Å². The van der Waals surface area contributed by atoms with Crippen molar-refractivity contribution in [1.82, 2.24) is 16.0 Å². The maximum Gasteiger partial charge on any atom is 0.222 e. The summed E-state index contributed by atoms with van der Waals surface area (Å²) in [6.07, 6.45) is 2.66. The predicted octanol–water partition coefficient (Wildman–Crippen LogP) is 2.06. The number of hydrogen-bond donors (Lipinski definition) is 3. The molecular formula is C19H30FIN4O3S2. The second kappa shape index (κ2) is 13.4. The van der Waals surface area contributed by atoms with E-state index >= 15 is 0 Å². The number of hydrogen-bond acceptors (Lipinski definition) is 5. The SMILES string of the molecule is CCNC(=NCc1ccc(F)cc1CSC)NCCC(=O)NC1CCS(=O)(=O)C1.I. The Hall–Kier alpha value is -1.08. The predicted molar refractivity (Wildman–Crippen MR) is 132 cm³/mol. The summed E-state index contributed by atoms with van der Waals surface area (Å²) in [4.78, 5) is 16.6. The molecule has 1 amide bonds. The maximum atomic E-state index is 13.5. The van der Waals surface area contributed by atoms with Crippen LogP contribution in [0.5, 0.6) is 0 Å². The highest BCUT2D eigenvalue weighted by atomic mass is 127. The van der Waals surface area contributed by atoms with Crippen LogP contribution in [0, 0.1) is 5.82 Å². The fraction of sp³-hybridized carbons (Fsp3) is 0.579. The average molecular weight is 573 g/mol. The third-order valence-corrected chi connectivity index (χ3v) is 6.83. The summed E-state index contributed by atoms with van der Waals surface area (Å²) < 4.78 is 36.4. The summed E-state index contributed by atoms with van der Waals surface area (Å²) in [5, 5.41) is 9.00. The van der Waals surface area contributed by atoms with Crippen molar-refractivity contribution in [2.45, 2.75) is 38.1 Å². The Kier molecular flexibility index (Phi) is 12.0. The summed E-state index contributed by atoms with van der Waals surface area (Å²) in [6, 6.07) is 4.43. The molecule has 0 radical (unpaired) electrons. The highest BCUT2D eigenvalue weighted by Gasteiger charge is 2.28. The minimum Gasteiger partial charge on any atom is -0.357 e. The van der Waals surface area contributed by atoms with Gasteiger partial charge in [0, 0.05) is 31.3 Å². The second-order valence-electron chi connectivity index (χ2n) is 6.89. The highest BCUT2D eigenvalue weighted by Crippen LogP contribution is 2.17. The van der Waals surface area contributed by atoms with Crippen molar-refractivity contribution in [2.75, 3.05) is 30.9 Å². The van der Waals surface area contributed by atoms with E-state index < -0.39 is 9.84 Å². The zero-order chi connectivity index (χ0) is 21.3. The Labute approximate surface area is 199 Å². The molecule has 11 heteroatoms. The Balaban J connectivity index is 0.00000450. The van der Waals surface area contributed by atoms with Crippen molar-refractivity contribution in [3.8, 4) is 0 Å². The highest BCUT2D eigenvalue weighted by molar-refractivity contribution is 14.0. The van der Waals surface area contributed by atoms with Gasteiger partial charge in [-0.3, -0.25) is 4.79 Å². The largest absolute Gasteiger partial charge is 0.357 e. The van der Waals surface area contributed by atoms with Crippen LogP contribution in [0.15, 0.2) is 23.2 Å². The average Bonchev–Trinajstić information content (AvgIpc) is 2.99. The third-order valence-electron chi connectivity index (χ3n) is 4.46. The van der Waals surface area contributed by atoms with Gasteiger partial charge in [0.1, 0.15) is 5.82 Å². The molecule has 1 aromatic carbocycles. The molecular weight excluding hydrogens is 542 g/mol. The molecule has 0 spiro atoms. The van der Waals surface area contributed by atoms with E-state index in [-0.39, 0.29) is 59.7 Å². The number of halogens is 2. The lowest BCUT2D eigenvalue weighted by atomic mass is 10.1. The normalized spacial score (nSPS) is 17.8. The fourth-order valence-corrected chi connectivity index (χ4v) is 5.30. The van der Waals surface area contributed by atoms with Crippen LogP contribution in [0.2, 0.25) is 0 Å².